The van der Waals surface area contributed by atoms with E-state index >= 15 is 0 Å². The molecule has 1 aromatic carbocycles. The summed E-state index contributed by atoms with van der Waals surface area (Å²) in [5.74, 6) is 1.51. The summed E-state index contributed by atoms with van der Waals surface area (Å²) in [6.45, 7) is 5.97. The third kappa shape index (κ3) is 3.35. The molecule has 0 atom stereocenters. The number of aryl methyl sites for hydroxylation is 1. The molecule has 0 aliphatic heterocycles. The van der Waals surface area contributed by atoms with Gasteiger partial charge in [-0.1, -0.05) is 44.7 Å². The topological polar surface area (TPSA) is 95.8 Å². The summed E-state index contributed by atoms with van der Waals surface area (Å²) in [5, 5.41) is 0.835. The molecule has 0 fully saturated rings. The van der Waals surface area contributed by atoms with Crippen molar-refractivity contribution < 1.29 is 4.42 Å². The van der Waals surface area contributed by atoms with Gasteiger partial charge < -0.3 is 4.42 Å². The maximum absolute atomic E-state index is 12.9. The van der Waals surface area contributed by atoms with Crippen LogP contribution in [0.25, 0.3) is 22.1 Å². The van der Waals surface area contributed by atoms with Gasteiger partial charge in [-0.3, -0.25) is 13.9 Å². The minimum atomic E-state index is -0.420. The van der Waals surface area contributed by atoms with E-state index in [-0.39, 0.29) is 5.41 Å². The Balaban J connectivity index is 1.87. The molecule has 0 bridgehead atoms. The molecule has 3 heterocycles. The predicted molar refractivity (Wildman–Crippen MR) is 112 cm³/mol. The van der Waals surface area contributed by atoms with Crippen LogP contribution in [0.5, 0.6) is 0 Å². The van der Waals surface area contributed by atoms with E-state index in [1.54, 1.807) is 7.05 Å². The normalized spacial score (nSPS) is 12.2. The van der Waals surface area contributed by atoms with Crippen LogP contribution in [-0.4, -0.2) is 24.1 Å². The summed E-state index contributed by atoms with van der Waals surface area (Å²) in [6.07, 6.45) is 0. The Bertz CT molecular complexity index is 1330. The zero-order valence-corrected chi connectivity index (χ0v) is 17.7. The van der Waals surface area contributed by atoms with Crippen LogP contribution in [0.2, 0.25) is 0 Å². The quantitative estimate of drug-likeness (QED) is 0.378. The number of oxazole rings is 1. The SMILES string of the molecule is Cn1c(=O)c2c(SCc3nc4ccccc4o3)nc(C(C)(C)C)nc2n(C)c1=O. The Hall–Kier alpha value is -2.94. The Morgan fingerprint density at radius 1 is 1.03 bits per heavy atom. The molecule has 4 rings (SSSR count). The number of hydrogen-bond donors (Lipinski definition) is 0. The summed E-state index contributed by atoms with van der Waals surface area (Å²) >= 11 is 1.35. The highest BCUT2D eigenvalue weighted by Gasteiger charge is 2.24. The molecule has 0 amide bonds. The lowest BCUT2D eigenvalue weighted by Gasteiger charge is -2.19. The monoisotopic (exact) mass is 411 g/mol. The van der Waals surface area contributed by atoms with E-state index in [2.05, 4.69) is 15.0 Å². The Morgan fingerprint density at radius 3 is 2.45 bits per heavy atom. The number of para-hydroxylation sites is 2. The summed E-state index contributed by atoms with van der Waals surface area (Å²) in [4.78, 5) is 38.9. The molecule has 29 heavy (non-hydrogen) atoms. The van der Waals surface area contributed by atoms with Crippen LogP contribution in [0.1, 0.15) is 32.5 Å². The van der Waals surface area contributed by atoms with Gasteiger partial charge in [0.15, 0.2) is 11.2 Å². The molecule has 0 radical (unpaired) electrons. The van der Waals surface area contributed by atoms with Crippen molar-refractivity contribution in [1.82, 2.24) is 24.1 Å². The van der Waals surface area contributed by atoms with Crippen LogP contribution in [-0.2, 0) is 25.3 Å². The Kier molecular flexibility index (Phi) is 4.57. The average molecular weight is 411 g/mol. The standard InChI is InChI=1S/C20H21N5O3S/c1-20(2,3)18-22-15-14(17(26)25(5)19(27)24(15)4)16(23-18)29-10-13-21-11-8-6-7-9-12(11)28-13/h6-9H,10H2,1-5H3. The van der Waals surface area contributed by atoms with Crippen LogP contribution in [0.4, 0.5) is 0 Å². The first-order valence-corrected chi connectivity index (χ1v) is 10.1. The van der Waals surface area contributed by atoms with Crippen molar-refractivity contribution in [2.75, 3.05) is 0 Å². The van der Waals surface area contributed by atoms with Gasteiger partial charge in [-0.25, -0.2) is 19.7 Å². The summed E-state index contributed by atoms with van der Waals surface area (Å²) in [5.41, 5.74) is 0.643. The van der Waals surface area contributed by atoms with Crippen LogP contribution in [0.15, 0.2) is 43.3 Å². The van der Waals surface area contributed by atoms with Gasteiger partial charge in [0, 0.05) is 19.5 Å². The fraction of sp³-hybridized carbons (Fsp3) is 0.350. The summed E-state index contributed by atoms with van der Waals surface area (Å²) < 4.78 is 8.24. The van der Waals surface area contributed by atoms with E-state index < -0.39 is 11.2 Å². The van der Waals surface area contributed by atoms with Gasteiger partial charge in [0.1, 0.15) is 21.8 Å². The molecule has 0 saturated carbocycles. The largest absolute Gasteiger partial charge is 0.440 e. The van der Waals surface area contributed by atoms with E-state index in [9.17, 15) is 9.59 Å². The fourth-order valence-electron chi connectivity index (χ4n) is 2.98. The lowest BCUT2D eigenvalue weighted by molar-refractivity contribution is 0.538. The first-order chi connectivity index (χ1) is 13.7. The van der Waals surface area contributed by atoms with Gasteiger partial charge in [-0.2, -0.15) is 0 Å². The molecule has 0 saturated heterocycles. The van der Waals surface area contributed by atoms with Crippen molar-refractivity contribution in [1.29, 1.82) is 0 Å². The molecule has 9 heteroatoms. The zero-order valence-electron chi connectivity index (χ0n) is 16.9. The van der Waals surface area contributed by atoms with E-state index in [1.165, 1.54) is 23.4 Å². The van der Waals surface area contributed by atoms with Gasteiger partial charge in [0.05, 0.1) is 5.75 Å². The number of hydrogen-bond acceptors (Lipinski definition) is 7. The first kappa shape index (κ1) is 19.4. The zero-order chi connectivity index (χ0) is 20.9. The molecule has 0 unspecified atom stereocenters. The highest BCUT2D eigenvalue weighted by atomic mass is 32.2. The second kappa shape index (κ2) is 6.84. The Labute approximate surface area is 170 Å². The van der Waals surface area contributed by atoms with Gasteiger partial charge in [0.2, 0.25) is 5.89 Å². The highest BCUT2D eigenvalue weighted by molar-refractivity contribution is 7.98. The van der Waals surface area contributed by atoms with Crippen molar-refractivity contribution in [3.05, 3.63) is 56.8 Å². The number of benzene rings is 1. The number of fused-ring (bicyclic) bond motifs is 2. The van der Waals surface area contributed by atoms with Gasteiger partial charge in [-0.05, 0) is 12.1 Å². The fourth-order valence-corrected chi connectivity index (χ4v) is 3.84. The van der Waals surface area contributed by atoms with Crippen molar-refractivity contribution in [3.63, 3.8) is 0 Å². The minimum Gasteiger partial charge on any atom is -0.440 e. The van der Waals surface area contributed by atoms with E-state index in [0.717, 1.165) is 10.1 Å². The molecule has 8 nitrogen and oxygen atoms in total. The van der Waals surface area contributed by atoms with Gasteiger partial charge >= 0.3 is 5.69 Å². The van der Waals surface area contributed by atoms with Crippen LogP contribution in [0.3, 0.4) is 0 Å². The maximum Gasteiger partial charge on any atom is 0.332 e. The highest BCUT2D eigenvalue weighted by Crippen LogP contribution is 2.29. The Morgan fingerprint density at radius 2 is 1.76 bits per heavy atom. The van der Waals surface area contributed by atoms with Crippen LogP contribution < -0.4 is 11.2 Å². The van der Waals surface area contributed by atoms with Crippen molar-refractivity contribution >= 4 is 33.9 Å². The number of thioether (sulfide) groups is 1. The van der Waals surface area contributed by atoms with Crippen molar-refractivity contribution in [2.24, 2.45) is 14.1 Å². The van der Waals surface area contributed by atoms with Crippen LogP contribution >= 0.6 is 11.8 Å². The molecule has 3 aromatic heterocycles. The molecule has 4 aromatic rings. The maximum atomic E-state index is 12.9. The predicted octanol–water partition coefficient (Wildman–Crippen LogP) is 2.76. The van der Waals surface area contributed by atoms with E-state index in [4.69, 9.17) is 4.42 Å². The lowest BCUT2D eigenvalue weighted by atomic mass is 9.96. The average Bonchev–Trinajstić information content (AvgIpc) is 3.10. The summed E-state index contributed by atoms with van der Waals surface area (Å²) in [6, 6.07) is 7.54. The molecular formula is C20H21N5O3S. The smallest absolute Gasteiger partial charge is 0.332 e. The van der Waals surface area contributed by atoms with E-state index in [0.29, 0.717) is 39.1 Å². The van der Waals surface area contributed by atoms with Crippen LogP contribution in [0, 0.1) is 0 Å². The summed E-state index contributed by atoms with van der Waals surface area (Å²) in [7, 11) is 3.07. The minimum absolute atomic E-state index is 0.323. The molecular weight excluding hydrogens is 390 g/mol. The molecule has 150 valence electrons. The number of rotatable bonds is 3. The molecule has 0 N–H and O–H groups in total. The van der Waals surface area contributed by atoms with E-state index in [1.807, 2.05) is 45.0 Å². The van der Waals surface area contributed by atoms with Gasteiger partial charge in [0.25, 0.3) is 5.56 Å². The number of nitrogens with zero attached hydrogens (tertiary/aromatic N) is 5. The molecule has 0 spiro atoms. The van der Waals surface area contributed by atoms with Crippen molar-refractivity contribution in [2.45, 2.75) is 37.0 Å². The first-order valence-electron chi connectivity index (χ1n) is 9.12. The molecule has 0 aliphatic rings. The second-order valence-electron chi connectivity index (χ2n) is 7.87. The third-order valence-electron chi connectivity index (χ3n) is 4.61. The molecule has 0 aliphatic carbocycles. The van der Waals surface area contributed by atoms with Gasteiger partial charge in [-0.15, -0.1) is 0 Å². The third-order valence-corrected chi connectivity index (χ3v) is 5.57. The van der Waals surface area contributed by atoms with Crippen molar-refractivity contribution in [3.8, 4) is 0 Å². The lowest BCUT2D eigenvalue weighted by Crippen LogP contribution is -2.38. The number of aromatic nitrogens is 5. The second-order valence-corrected chi connectivity index (χ2v) is 8.83.